The number of nitriles is 1. The van der Waals surface area contributed by atoms with Crippen LogP contribution in [0, 0.1) is 23.0 Å². The minimum absolute atomic E-state index is 0.0137. The summed E-state index contributed by atoms with van der Waals surface area (Å²) in [5, 5.41) is 8.76. The normalized spacial score (nSPS) is 20.3. The quantitative estimate of drug-likeness (QED) is 0.622. The maximum absolute atomic E-state index is 14.5. The SMILES string of the molecule is C[C@]1(c2cc(CC(=O)c3ccc(C#N)cn3)cc(F)c2F)N=C(N)OCC1(F)F. The number of ether oxygens (including phenoxy) is 1. The highest BCUT2D eigenvalue weighted by molar-refractivity contribution is 5.95. The summed E-state index contributed by atoms with van der Waals surface area (Å²) in [6.07, 6.45) is 0.755. The summed E-state index contributed by atoms with van der Waals surface area (Å²) in [7, 11) is 0. The Kier molecular flexibility index (Phi) is 5.00. The zero-order chi connectivity index (χ0) is 21.4. The Morgan fingerprint density at radius 2 is 2.07 bits per heavy atom. The van der Waals surface area contributed by atoms with Gasteiger partial charge in [0.25, 0.3) is 6.02 Å². The molecule has 0 saturated carbocycles. The number of pyridine rings is 1. The van der Waals surface area contributed by atoms with Crippen LogP contribution in [0.2, 0.25) is 0 Å². The van der Waals surface area contributed by atoms with Crippen molar-refractivity contribution in [2.75, 3.05) is 6.61 Å². The highest BCUT2D eigenvalue weighted by Gasteiger charge is 2.56. The molecule has 0 fully saturated rings. The van der Waals surface area contributed by atoms with Gasteiger partial charge in [-0.15, -0.1) is 0 Å². The van der Waals surface area contributed by atoms with Gasteiger partial charge in [-0.05, 0) is 36.8 Å². The number of rotatable bonds is 4. The van der Waals surface area contributed by atoms with E-state index in [1.807, 2.05) is 6.07 Å². The van der Waals surface area contributed by atoms with Crippen LogP contribution in [0.15, 0.2) is 35.5 Å². The number of ketones is 1. The molecule has 1 aliphatic rings. The van der Waals surface area contributed by atoms with Crippen LogP contribution in [0.4, 0.5) is 17.6 Å². The zero-order valence-electron chi connectivity index (χ0n) is 15.0. The van der Waals surface area contributed by atoms with E-state index < -0.39 is 53.5 Å². The number of hydrogen-bond acceptors (Lipinski definition) is 6. The van der Waals surface area contributed by atoms with Gasteiger partial charge < -0.3 is 10.5 Å². The minimum Gasteiger partial charge on any atom is -0.459 e. The van der Waals surface area contributed by atoms with Crippen molar-refractivity contribution in [3.05, 3.63) is 64.5 Å². The number of aliphatic imine (C=N–C) groups is 1. The second-order valence-corrected chi connectivity index (χ2v) is 6.60. The summed E-state index contributed by atoms with van der Waals surface area (Å²) in [4.78, 5) is 19.7. The van der Waals surface area contributed by atoms with Gasteiger partial charge in [-0.3, -0.25) is 9.78 Å². The van der Waals surface area contributed by atoms with Crippen LogP contribution in [0.1, 0.15) is 34.1 Å². The first-order valence-corrected chi connectivity index (χ1v) is 8.31. The smallest absolute Gasteiger partial charge is 0.310 e. The monoisotopic (exact) mass is 406 g/mol. The van der Waals surface area contributed by atoms with Crippen LogP contribution in [0.3, 0.4) is 0 Å². The van der Waals surface area contributed by atoms with E-state index in [4.69, 9.17) is 11.0 Å². The minimum atomic E-state index is -3.68. The first-order chi connectivity index (χ1) is 13.6. The number of carbonyl (C=O) groups is 1. The molecule has 150 valence electrons. The second kappa shape index (κ2) is 7.16. The van der Waals surface area contributed by atoms with E-state index in [2.05, 4.69) is 14.7 Å². The number of nitrogens with zero attached hydrogens (tertiary/aromatic N) is 3. The van der Waals surface area contributed by atoms with Gasteiger partial charge in [0, 0.05) is 18.2 Å². The van der Waals surface area contributed by atoms with E-state index in [1.54, 1.807) is 0 Å². The van der Waals surface area contributed by atoms with Crippen molar-refractivity contribution in [2.24, 2.45) is 10.7 Å². The molecule has 2 heterocycles. The van der Waals surface area contributed by atoms with Crippen LogP contribution in [0.25, 0.3) is 0 Å². The number of halogens is 4. The van der Waals surface area contributed by atoms with Crippen molar-refractivity contribution >= 4 is 11.8 Å². The van der Waals surface area contributed by atoms with E-state index in [1.165, 1.54) is 18.3 Å². The van der Waals surface area contributed by atoms with E-state index in [-0.39, 0.29) is 16.8 Å². The molecule has 0 radical (unpaired) electrons. The molecule has 3 rings (SSSR count). The third-order valence-corrected chi connectivity index (χ3v) is 4.60. The molecule has 6 nitrogen and oxygen atoms in total. The average Bonchev–Trinajstić information content (AvgIpc) is 2.68. The zero-order valence-corrected chi connectivity index (χ0v) is 15.0. The van der Waals surface area contributed by atoms with Crippen molar-refractivity contribution in [3.8, 4) is 6.07 Å². The Morgan fingerprint density at radius 1 is 1.34 bits per heavy atom. The Labute approximate surface area is 162 Å². The number of Topliss-reactive ketones (excluding diaryl/α,β-unsaturated/α-hetero) is 1. The lowest BCUT2D eigenvalue weighted by atomic mass is 9.83. The van der Waals surface area contributed by atoms with Crippen LogP contribution >= 0.6 is 0 Å². The lowest BCUT2D eigenvalue weighted by Crippen LogP contribution is -2.51. The van der Waals surface area contributed by atoms with Crippen molar-refractivity contribution in [2.45, 2.75) is 24.8 Å². The van der Waals surface area contributed by atoms with E-state index in [0.717, 1.165) is 19.1 Å². The van der Waals surface area contributed by atoms with E-state index in [0.29, 0.717) is 0 Å². The Bertz CT molecular complexity index is 1050. The first-order valence-electron chi connectivity index (χ1n) is 8.31. The molecule has 0 spiro atoms. The molecule has 0 bridgehead atoms. The predicted molar refractivity (Wildman–Crippen MR) is 93.2 cm³/mol. The fraction of sp³-hybridized carbons (Fsp3) is 0.263. The van der Waals surface area contributed by atoms with E-state index >= 15 is 0 Å². The maximum atomic E-state index is 14.5. The van der Waals surface area contributed by atoms with Gasteiger partial charge in [0.05, 0.1) is 5.56 Å². The van der Waals surface area contributed by atoms with Gasteiger partial charge in [-0.2, -0.15) is 14.0 Å². The first kappa shape index (κ1) is 20.3. The third-order valence-electron chi connectivity index (χ3n) is 4.60. The predicted octanol–water partition coefficient (Wildman–Crippen LogP) is 2.85. The highest BCUT2D eigenvalue weighted by Crippen LogP contribution is 2.45. The van der Waals surface area contributed by atoms with E-state index in [9.17, 15) is 22.4 Å². The summed E-state index contributed by atoms with van der Waals surface area (Å²) in [6, 6.07) is 5.64. The van der Waals surface area contributed by atoms with Crippen molar-refractivity contribution in [1.29, 1.82) is 5.26 Å². The highest BCUT2D eigenvalue weighted by atomic mass is 19.3. The molecule has 1 aliphatic heterocycles. The Morgan fingerprint density at radius 3 is 2.69 bits per heavy atom. The van der Waals surface area contributed by atoms with Crippen LogP contribution in [0.5, 0.6) is 0 Å². The molecule has 0 saturated heterocycles. The Hall–Kier alpha value is -3.48. The lowest BCUT2D eigenvalue weighted by molar-refractivity contribution is -0.117. The summed E-state index contributed by atoms with van der Waals surface area (Å²) in [5.74, 6) is -7.17. The maximum Gasteiger partial charge on any atom is 0.310 e. The Balaban J connectivity index is 2.01. The molecule has 0 amide bonds. The lowest BCUT2D eigenvalue weighted by Gasteiger charge is -2.37. The number of aromatic nitrogens is 1. The molecule has 29 heavy (non-hydrogen) atoms. The molecule has 1 aromatic carbocycles. The molecular formula is C19H14F4N4O2. The van der Waals surface area contributed by atoms with Gasteiger partial charge in [-0.25, -0.2) is 13.8 Å². The molecule has 2 aromatic rings. The molecule has 1 atom stereocenters. The van der Waals surface area contributed by atoms with Gasteiger partial charge in [0.15, 0.2) is 29.6 Å². The summed E-state index contributed by atoms with van der Waals surface area (Å²) < 4.78 is 62.1. The topological polar surface area (TPSA) is 101 Å². The van der Waals surface area contributed by atoms with Gasteiger partial charge in [0.1, 0.15) is 11.8 Å². The van der Waals surface area contributed by atoms with Gasteiger partial charge in [0.2, 0.25) is 0 Å². The van der Waals surface area contributed by atoms with Crippen molar-refractivity contribution in [1.82, 2.24) is 4.98 Å². The summed E-state index contributed by atoms with van der Waals surface area (Å²) in [5.41, 5.74) is 2.28. The number of amidine groups is 1. The molecule has 2 N–H and O–H groups in total. The number of hydrogen-bond donors (Lipinski definition) is 1. The van der Waals surface area contributed by atoms with Crippen molar-refractivity contribution in [3.63, 3.8) is 0 Å². The van der Waals surface area contributed by atoms with Gasteiger partial charge in [-0.1, -0.05) is 0 Å². The second-order valence-electron chi connectivity index (χ2n) is 6.60. The molecular weight excluding hydrogens is 392 g/mol. The molecule has 0 aliphatic carbocycles. The van der Waals surface area contributed by atoms with Gasteiger partial charge >= 0.3 is 5.92 Å². The average molecular weight is 406 g/mol. The number of alkyl halides is 2. The summed E-state index contributed by atoms with van der Waals surface area (Å²) in [6.45, 7) is -0.244. The number of carbonyl (C=O) groups excluding carboxylic acids is 1. The van der Waals surface area contributed by atoms with Crippen LogP contribution < -0.4 is 5.73 Å². The fourth-order valence-electron chi connectivity index (χ4n) is 2.90. The van der Waals surface area contributed by atoms with Crippen LogP contribution in [-0.4, -0.2) is 29.3 Å². The number of benzene rings is 1. The third kappa shape index (κ3) is 3.63. The fourth-order valence-corrected chi connectivity index (χ4v) is 2.90. The van der Waals surface area contributed by atoms with Crippen molar-refractivity contribution < 1.29 is 27.1 Å². The number of nitrogens with two attached hydrogens (primary N) is 1. The standard InChI is InChI=1S/C19H14F4N4O2/c1-18(19(22,23)9-29-17(25)27-18)12-4-11(5-13(20)16(12)21)6-15(28)14-3-2-10(7-24)8-26-14/h2-5,8H,6,9H2,1H3,(H2,25,27)/t18-/m1/s1. The molecule has 10 heteroatoms. The largest absolute Gasteiger partial charge is 0.459 e. The van der Waals surface area contributed by atoms with Crippen LogP contribution in [-0.2, 0) is 16.7 Å². The molecule has 1 aromatic heterocycles. The molecule has 0 unspecified atom stereocenters. The summed E-state index contributed by atoms with van der Waals surface area (Å²) >= 11 is 0.